The molecule has 0 bridgehead atoms. The van der Waals surface area contributed by atoms with Gasteiger partial charge in [0.15, 0.2) is 5.78 Å². The van der Waals surface area contributed by atoms with Gasteiger partial charge in [-0.15, -0.1) is 0 Å². The topological polar surface area (TPSA) is 38.3 Å². The fraction of sp³-hybridized carbons (Fsp3) is 0.115. The molecule has 3 nitrogen and oxygen atoms in total. The predicted octanol–water partition coefficient (Wildman–Crippen LogP) is 6.41. The minimum Gasteiger partial charge on any atom is -0.497 e. The van der Waals surface area contributed by atoms with Crippen molar-refractivity contribution < 1.29 is 13.9 Å². The molecule has 0 aliphatic heterocycles. The Morgan fingerprint density at radius 3 is 2.30 bits per heavy atom. The standard InChI is InChI=1S/C26H22FNO2/c1-30-24-14-8-19(9-15-24)25(28-23-12-10-22(27)11-13-23)17-26(29)21-7-6-18-4-2-3-5-20(18)16-21/h2-16,25,28H,17H2,1H3. The van der Waals surface area contributed by atoms with Gasteiger partial charge in [0.25, 0.3) is 0 Å². The van der Waals surface area contributed by atoms with Crippen LogP contribution in [-0.2, 0) is 0 Å². The van der Waals surface area contributed by atoms with Crippen LogP contribution in [0, 0.1) is 5.82 Å². The first-order valence-electron chi connectivity index (χ1n) is 9.80. The minimum absolute atomic E-state index is 0.0381. The SMILES string of the molecule is COc1ccc(C(CC(=O)c2ccc3ccccc3c2)Nc2ccc(F)cc2)cc1. The van der Waals surface area contributed by atoms with Crippen LogP contribution in [-0.4, -0.2) is 12.9 Å². The number of carbonyl (C=O) groups is 1. The lowest BCUT2D eigenvalue weighted by Crippen LogP contribution is -2.16. The summed E-state index contributed by atoms with van der Waals surface area (Å²) < 4.78 is 18.5. The Hall–Kier alpha value is -3.66. The van der Waals surface area contributed by atoms with E-state index in [2.05, 4.69) is 5.32 Å². The molecule has 0 fully saturated rings. The fourth-order valence-electron chi connectivity index (χ4n) is 3.50. The average Bonchev–Trinajstić information content (AvgIpc) is 2.79. The zero-order valence-corrected chi connectivity index (χ0v) is 16.6. The number of halogens is 1. The van der Waals surface area contributed by atoms with Crippen LogP contribution in [0.3, 0.4) is 0 Å². The zero-order valence-electron chi connectivity index (χ0n) is 16.6. The highest BCUT2D eigenvalue weighted by Crippen LogP contribution is 2.27. The molecule has 0 amide bonds. The lowest BCUT2D eigenvalue weighted by Gasteiger charge is -2.20. The molecule has 4 aromatic carbocycles. The van der Waals surface area contributed by atoms with E-state index in [9.17, 15) is 9.18 Å². The number of hydrogen-bond donors (Lipinski definition) is 1. The van der Waals surface area contributed by atoms with E-state index < -0.39 is 0 Å². The third kappa shape index (κ3) is 4.49. The second-order valence-corrected chi connectivity index (χ2v) is 7.17. The number of ether oxygens (including phenoxy) is 1. The Morgan fingerprint density at radius 1 is 0.900 bits per heavy atom. The second-order valence-electron chi connectivity index (χ2n) is 7.17. The van der Waals surface area contributed by atoms with Crippen molar-refractivity contribution in [2.75, 3.05) is 12.4 Å². The van der Waals surface area contributed by atoms with E-state index >= 15 is 0 Å². The molecule has 0 spiro atoms. The average molecular weight is 399 g/mol. The lowest BCUT2D eigenvalue weighted by atomic mass is 9.96. The van der Waals surface area contributed by atoms with E-state index in [1.165, 1.54) is 12.1 Å². The third-order valence-electron chi connectivity index (χ3n) is 5.16. The van der Waals surface area contributed by atoms with Gasteiger partial charge in [-0.3, -0.25) is 4.79 Å². The summed E-state index contributed by atoms with van der Waals surface area (Å²) in [5, 5.41) is 5.51. The van der Waals surface area contributed by atoms with Crippen LogP contribution in [0.15, 0.2) is 91.0 Å². The van der Waals surface area contributed by atoms with Crippen molar-refractivity contribution >= 4 is 22.2 Å². The molecule has 0 saturated heterocycles. The summed E-state index contributed by atoms with van der Waals surface area (Å²) >= 11 is 0. The number of benzene rings is 4. The quantitative estimate of drug-likeness (QED) is 0.365. The fourth-order valence-corrected chi connectivity index (χ4v) is 3.50. The van der Waals surface area contributed by atoms with Crippen LogP contribution >= 0.6 is 0 Å². The van der Waals surface area contributed by atoms with Gasteiger partial charge in [0.2, 0.25) is 0 Å². The molecule has 0 heterocycles. The van der Waals surface area contributed by atoms with Gasteiger partial charge in [-0.25, -0.2) is 4.39 Å². The van der Waals surface area contributed by atoms with E-state index in [1.807, 2.05) is 66.7 Å². The van der Waals surface area contributed by atoms with Gasteiger partial charge in [-0.05, 0) is 58.8 Å². The Morgan fingerprint density at radius 2 is 1.60 bits per heavy atom. The normalized spacial score (nSPS) is 11.8. The number of fused-ring (bicyclic) bond motifs is 1. The van der Waals surface area contributed by atoms with Crippen molar-refractivity contribution in [1.82, 2.24) is 0 Å². The smallest absolute Gasteiger partial charge is 0.165 e. The molecule has 1 atom stereocenters. The summed E-state index contributed by atoms with van der Waals surface area (Å²) in [6, 6.07) is 27.3. The first-order chi connectivity index (χ1) is 14.6. The number of methoxy groups -OCH3 is 1. The highest BCUT2D eigenvalue weighted by atomic mass is 19.1. The summed E-state index contributed by atoms with van der Waals surface area (Å²) in [5.74, 6) is 0.491. The molecule has 0 aliphatic rings. The Bertz CT molecular complexity index is 1150. The number of anilines is 1. The first kappa shape index (κ1) is 19.6. The second kappa shape index (κ2) is 8.78. The summed E-state index contributed by atoms with van der Waals surface area (Å²) in [5.41, 5.74) is 2.38. The number of carbonyl (C=O) groups excluding carboxylic acids is 1. The maximum Gasteiger partial charge on any atom is 0.165 e. The van der Waals surface area contributed by atoms with Gasteiger partial charge < -0.3 is 10.1 Å². The van der Waals surface area contributed by atoms with Crippen molar-refractivity contribution in [2.45, 2.75) is 12.5 Å². The molecule has 4 aromatic rings. The Balaban J connectivity index is 1.61. The maximum absolute atomic E-state index is 13.3. The van der Waals surface area contributed by atoms with Crippen molar-refractivity contribution in [3.8, 4) is 5.75 Å². The minimum atomic E-state index is -0.297. The zero-order chi connectivity index (χ0) is 20.9. The molecule has 30 heavy (non-hydrogen) atoms. The van der Waals surface area contributed by atoms with Crippen LogP contribution in [0.5, 0.6) is 5.75 Å². The van der Waals surface area contributed by atoms with Crippen LogP contribution in [0.2, 0.25) is 0 Å². The van der Waals surface area contributed by atoms with Crippen molar-refractivity contribution in [2.24, 2.45) is 0 Å². The predicted molar refractivity (Wildman–Crippen MR) is 119 cm³/mol. The van der Waals surface area contributed by atoms with E-state index in [-0.39, 0.29) is 24.1 Å². The van der Waals surface area contributed by atoms with Crippen molar-refractivity contribution in [1.29, 1.82) is 0 Å². The largest absolute Gasteiger partial charge is 0.497 e. The van der Waals surface area contributed by atoms with Gasteiger partial charge in [0, 0.05) is 17.7 Å². The Labute approximate surface area is 175 Å². The van der Waals surface area contributed by atoms with E-state index in [0.717, 1.165) is 27.8 Å². The van der Waals surface area contributed by atoms with Crippen LogP contribution in [0.25, 0.3) is 10.8 Å². The molecule has 4 rings (SSSR count). The highest BCUT2D eigenvalue weighted by molar-refractivity contribution is 6.00. The highest BCUT2D eigenvalue weighted by Gasteiger charge is 2.18. The van der Waals surface area contributed by atoms with E-state index in [1.54, 1.807) is 19.2 Å². The van der Waals surface area contributed by atoms with Crippen LogP contribution in [0.4, 0.5) is 10.1 Å². The number of ketones is 1. The molecule has 1 N–H and O–H groups in total. The van der Waals surface area contributed by atoms with E-state index in [0.29, 0.717) is 5.56 Å². The number of nitrogens with one attached hydrogen (secondary N) is 1. The summed E-state index contributed by atoms with van der Waals surface area (Å²) in [6.45, 7) is 0. The van der Waals surface area contributed by atoms with Crippen molar-refractivity contribution in [3.63, 3.8) is 0 Å². The molecule has 0 radical (unpaired) electrons. The van der Waals surface area contributed by atoms with Crippen LogP contribution < -0.4 is 10.1 Å². The van der Waals surface area contributed by atoms with Gasteiger partial charge in [-0.2, -0.15) is 0 Å². The third-order valence-corrected chi connectivity index (χ3v) is 5.16. The summed E-state index contributed by atoms with van der Waals surface area (Å²) in [7, 11) is 1.62. The van der Waals surface area contributed by atoms with E-state index in [4.69, 9.17) is 4.74 Å². The van der Waals surface area contributed by atoms with Gasteiger partial charge in [0.05, 0.1) is 13.2 Å². The maximum atomic E-state index is 13.3. The van der Waals surface area contributed by atoms with Crippen molar-refractivity contribution in [3.05, 3.63) is 108 Å². The molecule has 1 unspecified atom stereocenters. The molecule has 0 aliphatic carbocycles. The van der Waals surface area contributed by atoms with Gasteiger partial charge >= 0.3 is 0 Å². The summed E-state index contributed by atoms with van der Waals surface area (Å²) in [6.07, 6.45) is 0.266. The number of rotatable bonds is 7. The summed E-state index contributed by atoms with van der Waals surface area (Å²) in [4.78, 5) is 13.1. The number of Topliss-reactive ketones (excluding diaryl/α,β-unsaturated/α-hetero) is 1. The van der Waals surface area contributed by atoms with Gasteiger partial charge in [0.1, 0.15) is 11.6 Å². The first-order valence-corrected chi connectivity index (χ1v) is 9.80. The number of hydrogen-bond acceptors (Lipinski definition) is 3. The lowest BCUT2D eigenvalue weighted by molar-refractivity contribution is 0.0976. The molecule has 0 aromatic heterocycles. The molecule has 4 heteroatoms. The van der Waals surface area contributed by atoms with Crippen LogP contribution in [0.1, 0.15) is 28.4 Å². The Kier molecular flexibility index (Phi) is 5.75. The molecular formula is C26H22FNO2. The molecular weight excluding hydrogens is 377 g/mol. The van der Waals surface area contributed by atoms with Gasteiger partial charge in [-0.1, -0.05) is 48.5 Å². The monoisotopic (exact) mass is 399 g/mol. The molecule has 150 valence electrons. The molecule has 0 saturated carbocycles.